The highest BCUT2D eigenvalue weighted by atomic mass is 16.5. The molecule has 4 rings (SSSR count). The molecule has 1 aliphatic rings. The summed E-state index contributed by atoms with van der Waals surface area (Å²) in [6, 6.07) is 7.04. The number of carbonyl (C=O) groups is 1. The van der Waals surface area contributed by atoms with Gasteiger partial charge in [0.1, 0.15) is 5.76 Å². The number of carbonyl (C=O) groups excluding carboxylic acids is 1. The van der Waals surface area contributed by atoms with E-state index in [0.717, 1.165) is 39.3 Å². The predicted molar refractivity (Wildman–Crippen MR) is 113 cm³/mol. The number of aromatic nitrogens is 2. The van der Waals surface area contributed by atoms with Crippen molar-refractivity contribution >= 4 is 16.8 Å². The zero-order chi connectivity index (χ0) is 20.9. The quantitative estimate of drug-likeness (QED) is 0.598. The Morgan fingerprint density at radius 3 is 2.87 bits per heavy atom. The SMILES string of the molecule is Cc1nc2ccn(Cc3ccco3)c(=O)c2cc1C(=O)NCCCN1CCOCC1. The minimum absolute atomic E-state index is 0.197. The van der Waals surface area contributed by atoms with E-state index >= 15 is 0 Å². The normalized spacial score (nSPS) is 14.8. The summed E-state index contributed by atoms with van der Waals surface area (Å²) < 4.78 is 12.2. The molecule has 0 aromatic carbocycles. The third kappa shape index (κ3) is 4.60. The summed E-state index contributed by atoms with van der Waals surface area (Å²) in [5, 5.41) is 3.38. The van der Waals surface area contributed by atoms with Gasteiger partial charge in [0.25, 0.3) is 11.5 Å². The average Bonchev–Trinajstić information content (AvgIpc) is 3.27. The lowest BCUT2D eigenvalue weighted by Gasteiger charge is -2.26. The topological polar surface area (TPSA) is 89.6 Å². The van der Waals surface area contributed by atoms with Gasteiger partial charge in [-0.05, 0) is 44.2 Å². The first kappa shape index (κ1) is 20.3. The Balaban J connectivity index is 1.46. The average molecular weight is 410 g/mol. The molecule has 1 N–H and O–H groups in total. The maximum Gasteiger partial charge on any atom is 0.260 e. The third-order valence-electron chi connectivity index (χ3n) is 5.34. The van der Waals surface area contributed by atoms with Crippen molar-refractivity contribution in [3.63, 3.8) is 0 Å². The van der Waals surface area contributed by atoms with Crippen molar-refractivity contribution in [3.05, 3.63) is 64.1 Å². The molecule has 3 aromatic rings. The highest BCUT2D eigenvalue weighted by Gasteiger charge is 2.15. The molecule has 0 bridgehead atoms. The van der Waals surface area contributed by atoms with Crippen molar-refractivity contribution in [1.29, 1.82) is 0 Å². The Morgan fingerprint density at radius 1 is 1.27 bits per heavy atom. The van der Waals surface area contributed by atoms with Crippen molar-refractivity contribution in [3.8, 4) is 0 Å². The third-order valence-corrected chi connectivity index (χ3v) is 5.34. The van der Waals surface area contributed by atoms with E-state index in [0.29, 0.717) is 41.0 Å². The van der Waals surface area contributed by atoms with E-state index < -0.39 is 0 Å². The summed E-state index contributed by atoms with van der Waals surface area (Å²) in [5.74, 6) is 0.486. The van der Waals surface area contributed by atoms with Crippen LogP contribution in [0.2, 0.25) is 0 Å². The number of nitrogens with zero attached hydrogens (tertiary/aromatic N) is 3. The van der Waals surface area contributed by atoms with Crippen LogP contribution in [-0.4, -0.2) is 59.8 Å². The Morgan fingerprint density at radius 2 is 2.10 bits per heavy atom. The fourth-order valence-electron chi connectivity index (χ4n) is 3.65. The van der Waals surface area contributed by atoms with Gasteiger partial charge in [-0.3, -0.25) is 19.5 Å². The number of rotatable bonds is 7. The van der Waals surface area contributed by atoms with Crippen molar-refractivity contribution < 1.29 is 13.9 Å². The number of ether oxygens (including phenoxy) is 1. The van der Waals surface area contributed by atoms with Gasteiger partial charge in [0, 0.05) is 25.8 Å². The molecule has 0 saturated carbocycles. The molecule has 1 amide bonds. The number of amides is 1. The van der Waals surface area contributed by atoms with E-state index in [1.54, 1.807) is 42.1 Å². The van der Waals surface area contributed by atoms with Crippen LogP contribution in [0, 0.1) is 6.92 Å². The second-order valence-electron chi connectivity index (χ2n) is 7.45. The molecule has 8 heteroatoms. The highest BCUT2D eigenvalue weighted by molar-refractivity contribution is 5.98. The maximum atomic E-state index is 12.9. The Bertz CT molecular complexity index is 1070. The second kappa shape index (κ2) is 9.23. The molecule has 30 heavy (non-hydrogen) atoms. The summed E-state index contributed by atoms with van der Waals surface area (Å²) >= 11 is 0. The molecule has 1 aliphatic heterocycles. The predicted octanol–water partition coefficient (Wildman–Crippen LogP) is 1.80. The van der Waals surface area contributed by atoms with E-state index in [9.17, 15) is 9.59 Å². The molecule has 0 radical (unpaired) electrons. The van der Waals surface area contributed by atoms with Gasteiger partial charge in [-0.15, -0.1) is 0 Å². The lowest BCUT2D eigenvalue weighted by molar-refractivity contribution is 0.0374. The highest BCUT2D eigenvalue weighted by Crippen LogP contribution is 2.14. The van der Waals surface area contributed by atoms with Gasteiger partial charge in [0.15, 0.2) is 0 Å². The number of hydrogen-bond acceptors (Lipinski definition) is 6. The number of nitrogens with one attached hydrogen (secondary N) is 1. The summed E-state index contributed by atoms with van der Waals surface area (Å²) in [4.78, 5) is 32.4. The number of morpholine rings is 1. The van der Waals surface area contributed by atoms with Crippen molar-refractivity contribution in [2.45, 2.75) is 19.9 Å². The van der Waals surface area contributed by atoms with E-state index in [2.05, 4.69) is 15.2 Å². The zero-order valence-electron chi connectivity index (χ0n) is 17.1. The Kier molecular flexibility index (Phi) is 6.25. The van der Waals surface area contributed by atoms with Crippen LogP contribution in [0.5, 0.6) is 0 Å². The van der Waals surface area contributed by atoms with Crippen LogP contribution in [0.15, 0.2) is 45.9 Å². The number of fused-ring (bicyclic) bond motifs is 1. The fourth-order valence-corrected chi connectivity index (χ4v) is 3.65. The first-order valence-corrected chi connectivity index (χ1v) is 10.2. The molecule has 1 fully saturated rings. The van der Waals surface area contributed by atoms with Crippen LogP contribution in [0.1, 0.15) is 28.2 Å². The number of hydrogen-bond donors (Lipinski definition) is 1. The first-order chi connectivity index (χ1) is 14.6. The molecular formula is C22H26N4O4. The summed E-state index contributed by atoms with van der Waals surface area (Å²) in [7, 11) is 0. The van der Waals surface area contributed by atoms with Crippen molar-refractivity contribution in [2.75, 3.05) is 39.4 Å². The Labute approximate surface area is 174 Å². The molecule has 8 nitrogen and oxygen atoms in total. The van der Waals surface area contributed by atoms with Gasteiger partial charge in [0.2, 0.25) is 0 Å². The summed E-state index contributed by atoms with van der Waals surface area (Å²) in [5.41, 5.74) is 1.42. The van der Waals surface area contributed by atoms with Crippen LogP contribution in [0.25, 0.3) is 10.9 Å². The molecule has 158 valence electrons. The minimum atomic E-state index is -0.204. The van der Waals surface area contributed by atoms with E-state index in [4.69, 9.17) is 9.15 Å². The van der Waals surface area contributed by atoms with E-state index in [-0.39, 0.29) is 11.5 Å². The number of aryl methyl sites for hydroxylation is 1. The molecule has 3 aromatic heterocycles. The maximum absolute atomic E-state index is 12.9. The van der Waals surface area contributed by atoms with E-state index in [1.807, 2.05) is 6.07 Å². The van der Waals surface area contributed by atoms with Gasteiger partial charge in [-0.25, -0.2) is 0 Å². The standard InChI is InChI=1S/C22H26N4O4/c1-16-18(21(27)23-6-3-7-25-9-12-29-13-10-25)14-19-20(24-16)5-8-26(22(19)28)15-17-4-2-11-30-17/h2,4-5,8,11,14H,3,6-7,9-10,12-13,15H2,1H3,(H,23,27). The van der Waals surface area contributed by atoms with Crippen LogP contribution >= 0.6 is 0 Å². The monoisotopic (exact) mass is 410 g/mol. The van der Waals surface area contributed by atoms with Crippen LogP contribution in [0.3, 0.4) is 0 Å². The van der Waals surface area contributed by atoms with Gasteiger partial charge >= 0.3 is 0 Å². The molecule has 0 atom stereocenters. The molecule has 0 unspecified atom stereocenters. The second-order valence-corrected chi connectivity index (χ2v) is 7.45. The Hall–Kier alpha value is -2.97. The number of pyridine rings is 2. The molecule has 0 spiro atoms. The zero-order valence-corrected chi connectivity index (χ0v) is 17.1. The van der Waals surface area contributed by atoms with Crippen molar-refractivity contribution in [2.24, 2.45) is 0 Å². The first-order valence-electron chi connectivity index (χ1n) is 10.2. The summed E-state index contributed by atoms with van der Waals surface area (Å²) in [6.45, 7) is 7.03. The van der Waals surface area contributed by atoms with Gasteiger partial charge in [0.05, 0.1) is 48.2 Å². The molecule has 4 heterocycles. The smallest absolute Gasteiger partial charge is 0.260 e. The fraction of sp³-hybridized carbons (Fsp3) is 0.409. The van der Waals surface area contributed by atoms with Crippen LogP contribution < -0.4 is 10.9 Å². The van der Waals surface area contributed by atoms with Crippen LogP contribution in [-0.2, 0) is 11.3 Å². The number of furan rings is 1. The van der Waals surface area contributed by atoms with Gasteiger partial charge in [-0.1, -0.05) is 0 Å². The van der Waals surface area contributed by atoms with E-state index in [1.165, 1.54) is 0 Å². The minimum Gasteiger partial charge on any atom is -0.467 e. The largest absolute Gasteiger partial charge is 0.467 e. The molecular weight excluding hydrogens is 384 g/mol. The summed E-state index contributed by atoms with van der Waals surface area (Å²) in [6.07, 6.45) is 4.14. The van der Waals surface area contributed by atoms with Crippen LogP contribution in [0.4, 0.5) is 0 Å². The molecule has 0 aliphatic carbocycles. The lowest BCUT2D eigenvalue weighted by atomic mass is 10.1. The molecule has 1 saturated heterocycles. The van der Waals surface area contributed by atoms with Gasteiger partial charge in [-0.2, -0.15) is 0 Å². The lowest BCUT2D eigenvalue weighted by Crippen LogP contribution is -2.38. The van der Waals surface area contributed by atoms with Gasteiger partial charge < -0.3 is 19.0 Å². The van der Waals surface area contributed by atoms with Crippen molar-refractivity contribution in [1.82, 2.24) is 19.8 Å².